The van der Waals surface area contributed by atoms with Crippen LogP contribution in [0.4, 0.5) is 5.95 Å². The quantitative estimate of drug-likeness (QED) is 0.549. The zero-order valence-corrected chi connectivity index (χ0v) is 18.7. The second-order valence-electron chi connectivity index (χ2n) is 8.07. The minimum absolute atomic E-state index is 0.0411. The number of carbonyl (C=O) groups is 1. The van der Waals surface area contributed by atoms with Gasteiger partial charge in [0.25, 0.3) is 0 Å². The average Bonchev–Trinajstić information content (AvgIpc) is 3.22. The molecule has 1 aliphatic rings. The lowest BCUT2D eigenvalue weighted by molar-refractivity contribution is -0.125. The first-order valence-electron chi connectivity index (χ1n) is 11.1. The van der Waals surface area contributed by atoms with Crippen LogP contribution in [0.3, 0.4) is 0 Å². The third kappa shape index (κ3) is 5.25. The van der Waals surface area contributed by atoms with E-state index < -0.39 is 0 Å². The van der Waals surface area contributed by atoms with Crippen LogP contribution < -0.4 is 15.0 Å². The maximum absolute atomic E-state index is 12.6. The first-order chi connectivity index (χ1) is 15.6. The highest BCUT2D eigenvalue weighted by Gasteiger charge is 2.26. The van der Waals surface area contributed by atoms with Gasteiger partial charge < -0.3 is 15.0 Å². The maximum atomic E-state index is 12.6. The van der Waals surface area contributed by atoms with E-state index in [0.717, 1.165) is 50.2 Å². The minimum Gasteiger partial charge on any atom is -0.481 e. The monoisotopic (exact) mass is 434 g/mol. The maximum Gasteiger partial charge on any atom is 0.228 e. The van der Waals surface area contributed by atoms with Crippen molar-refractivity contribution in [3.8, 4) is 11.6 Å². The summed E-state index contributed by atoms with van der Waals surface area (Å²) in [5.41, 5.74) is 3.31. The van der Waals surface area contributed by atoms with E-state index in [1.165, 1.54) is 5.56 Å². The number of hydrogen-bond donors (Lipinski definition) is 1. The number of carbonyl (C=O) groups excluding carboxylic acids is 1. The number of para-hydroxylation sites is 1. The molecule has 1 N–H and O–H groups in total. The summed E-state index contributed by atoms with van der Waals surface area (Å²) < 4.78 is 7.10. The summed E-state index contributed by atoms with van der Waals surface area (Å²) in [6, 6.07) is 11.8. The van der Waals surface area contributed by atoms with Crippen molar-refractivity contribution in [3.05, 3.63) is 60.0 Å². The zero-order valence-electron chi connectivity index (χ0n) is 18.7. The number of piperidine rings is 1. The molecule has 0 atom stereocenters. The van der Waals surface area contributed by atoms with Crippen LogP contribution in [0.1, 0.15) is 30.5 Å². The molecule has 0 bridgehead atoms. The van der Waals surface area contributed by atoms with Gasteiger partial charge in [0, 0.05) is 44.0 Å². The van der Waals surface area contributed by atoms with Crippen LogP contribution in [0, 0.1) is 12.8 Å². The van der Waals surface area contributed by atoms with E-state index in [1.54, 1.807) is 19.4 Å². The van der Waals surface area contributed by atoms with Crippen LogP contribution in [-0.4, -0.2) is 52.4 Å². The first-order valence-corrected chi connectivity index (χ1v) is 11.1. The van der Waals surface area contributed by atoms with Crippen LogP contribution in [0.25, 0.3) is 5.69 Å². The van der Waals surface area contributed by atoms with Gasteiger partial charge in [-0.25, -0.2) is 9.67 Å². The van der Waals surface area contributed by atoms with Crippen molar-refractivity contribution >= 4 is 11.9 Å². The molecule has 8 heteroatoms. The van der Waals surface area contributed by atoms with Crippen LogP contribution in [-0.2, 0) is 11.2 Å². The molecular weight excluding hydrogens is 404 g/mol. The number of nitrogens with zero attached hydrogens (tertiary/aromatic N) is 5. The smallest absolute Gasteiger partial charge is 0.228 e. The number of hydrogen-bond acceptors (Lipinski definition) is 6. The Morgan fingerprint density at radius 2 is 1.97 bits per heavy atom. The number of amides is 1. The summed E-state index contributed by atoms with van der Waals surface area (Å²) in [5.74, 6) is 1.40. The van der Waals surface area contributed by atoms with Gasteiger partial charge in [0.15, 0.2) is 0 Å². The lowest BCUT2D eigenvalue weighted by atomic mass is 9.96. The fraction of sp³-hybridized carbons (Fsp3) is 0.417. The Morgan fingerprint density at radius 1 is 1.19 bits per heavy atom. The highest BCUT2D eigenvalue weighted by molar-refractivity contribution is 5.78. The van der Waals surface area contributed by atoms with E-state index in [9.17, 15) is 4.79 Å². The van der Waals surface area contributed by atoms with Crippen LogP contribution in [0.2, 0.25) is 0 Å². The molecule has 0 spiro atoms. The predicted molar refractivity (Wildman–Crippen MR) is 123 cm³/mol. The summed E-state index contributed by atoms with van der Waals surface area (Å²) in [5, 5.41) is 7.74. The molecule has 0 aliphatic carbocycles. The molecule has 1 aliphatic heterocycles. The van der Waals surface area contributed by atoms with Crippen molar-refractivity contribution in [1.29, 1.82) is 0 Å². The SMILES string of the molecule is COc1ccnc(N2CCC(C(=O)NCCCc3cn(-c4ccccc4)nc3C)CC2)n1. The lowest BCUT2D eigenvalue weighted by Gasteiger charge is -2.31. The van der Waals surface area contributed by atoms with Gasteiger partial charge in [-0.2, -0.15) is 10.1 Å². The summed E-state index contributed by atoms with van der Waals surface area (Å²) >= 11 is 0. The highest BCUT2D eigenvalue weighted by Crippen LogP contribution is 2.22. The van der Waals surface area contributed by atoms with E-state index in [0.29, 0.717) is 18.4 Å². The molecule has 0 unspecified atom stereocenters. The number of aryl methyl sites for hydroxylation is 2. The standard InChI is InChI=1S/C24H30N6O2/c1-18-20(17-30(28-18)21-8-4-3-5-9-21)7-6-13-25-23(31)19-11-15-29(16-12-19)24-26-14-10-22(27-24)32-2/h3-5,8-10,14,17,19H,6-7,11-13,15-16H2,1-2H3,(H,25,31). The zero-order chi connectivity index (χ0) is 22.3. The second kappa shape index (κ2) is 10.3. The molecule has 32 heavy (non-hydrogen) atoms. The third-order valence-corrected chi connectivity index (χ3v) is 5.92. The van der Waals surface area contributed by atoms with Gasteiger partial charge in [0.2, 0.25) is 17.7 Å². The van der Waals surface area contributed by atoms with E-state index in [2.05, 4.69) is 31.5 Å². The van der Waals surface area contributed by atoms with Gasteiger partial charge in [0.05, 0.1) is 18.5 Å². The Labute approximate surface area is 188 Å². The predicted octanol–water partition coefficient (Wildman–Crippen LogP) is 2.94. The third-order valence-electron chi connectivity index (χ3n) is 5.92. The van der Waals surface area contributed by atoms with Gasteiger partial charge in [-0.15, -0.1) is 0 Å². The van der Waals surface area contributed by atoms with Crippen molar-refractivity contribution < 1.29 is 9.53 Å². The average molecular weight is 435 g/mol. The molecule has 3 aromatic rings. The van der Waals surface area contributed by atoms with Crippen LogP contribution in [0.5, 0.6) is 5.88 Å². The largest absolute Gasteiger partial charge is 0.481 e. The lowest BCUT2D eigenvalue weighted by Crippen LogP contribution is -2.41. The van der Waals surface area contributed by atoms with Crippen molar-refractivity contribution in [2.45, 2.75) is 32.6 Å². The molecule has 8 nitrogen and oxygen atoms in total. The number of anilines is 1. The Bertz CT molecular complexity index is 1030. The van der Waals surface area contributed by atoms with E-state index in [4.69, 9.17) is 4.74 Å². The van der Waals surface area contributed by atoms with Crippen molar-refractivity contribution in [3.63, 3.8) is 0 Å². The summed E-state index contributed by atoms with van der Waals surface area (Å²) in [6.45, 7) is 4.24. The fourth-order valence-corrected chi connectivity index (χ4v) is 4.03. The summed E-state index contributed by atoms with van der Waals surface area (Å²) in [7, 11) is 1.60. The molecule has 4 rings (SSSR count). The number of nitrogens with one attached hydrogen (secondary N) is 1. The number of benzene rings is 1. The number of ether oxygens (including phenoxy) is 1. The normalized spacial score (nSPS) is 14.4. The van der Waals surface area contributed by atoms with Crippen molar-refractivity contribution in [1.82, 2.24) is 25.1 Å². The fourth-order valence-electron chi connectivity index (χ4n) is 4.03. The molecule has 1 amide bonds. The molecule has 0 radical (unpaired) electrons. The van der Waals surface area contributed by atoms with Crippen LogP contribution in [0.15, 0.2) is 48.8 Å². The molecule has 2 aromatic heterocycles. The Kier molecular flexibility index (Phi) is 6.99. The Hall–Kier alpha value is -3.42. The van der Waals surface area contributed by atoms with Crippen molar-refractivity contribution in [2.24, 2.45) is 5.92 Å². The highest BCUT2D eigenvalue weighted by atomic mass is 16.5. The van der Waals surface area contributed by atoms with Gasteiger partial charge in [0.1, 0.15) is 0 Å². The van der Waals surface area contributed by atoms with Gasteiger partial charge >= 0.3 is 0 Å². The van der Waals surface area contributed by atoms with Crippen LogP contribution >= 0.6 is 0 Å². The topological polar surface area (TPSA) is 85.2 Å². The van der Waals surface area contributed by atoms with Crippen molar-refractivity contribution in [2.75, 3.05) is 31.6 Å². The molecule has 0 saturated carbocycles. The Balaban J connectivity index is 1.20. The molecule has 1 aromatic carbocycles. The van der Waals surface area contributed by atoms with E-state index >= 15 is 0 Å². The molecule has 1 fully saturated rings. The number of rotatable bonds is 8. The van der Waals surface area contributed by atoms with Gasteiger partial charge in [-0.05, 0) is 50.3 Å². The molecule has 3 heterocycles. The summed E-state index contributed by atoms with van der Waals surface area (Å²) in [6.07, 6.45) is 7.17. The molecular formula is C24H30N6O2. The number of aromatic nitrogens is 4. The summed E-state index contributed by atoms with van der Waals surface area (Å²) in [4.78, 5) is 23.4. The van der Waals surface area contributed by atoms with Gasteiger partial charge in [-0.1, -0.05) is 18.2 Å². The number of methoxy groups -OCH3 is 1. The molecule has 168 valence electrons. The molecule has 1 saturated heterocycles. The Morgan fingerprint density at radius 3 is 2.72 bits per heavy atom. The first kappa shape index (κ1) is 21.8. The second-order valence-corrected chi connectivity index (χ2v) is 8.07. The van der Waals surface area contributed by atoms with E-state index in [-0.39, 0.29) is 11.8 Å². The van der Waals surface area contributed by atoms with Gasteiger partial charge in [-0.3, -0.25) is 4.79 Å². The van der Waals surface area contributed by atoms with E-state index in [1.807, 2.05) is 41.9 Å². The minimum atomic E-state index is 0.0411.